The Hall–Kier alpha value is 1.12. The second-order valence-corrected chi connectivity index (χ2v) is 17.1. The maximum absolute atomic E-state index is 9.96. The summed E-state index contributed by atoms with van der Waals surface area (Å²) >= 11 is 3.11. The first-order valence-corrected chi connectivity index (χ1v) is 15.1. The number of rotatable bonds is 5. The summed E-state index contributed by atoms with van der Waals surface area (Å²) in [5.74, 6) is 0. The number of halogens is 1. The molecule has 3 aliphatic carbocycles. The maximum Gasteiger partial charge on any atom is 0.155 e. The molecule has 3 aliphatic rings. The molecule has 3 rings (SSSR count). The first kappa shape index (κ1) is 18.9. The van der Waals surface area contributed by atoms with E-state index >= 15 is 0 Å². The van der Waals surface area contributed by atoms with Crippen LogP contribution in [0.1, 0.15) is 103 Å². The normalized spacial score (nSPS) is 27.9. The lowest BCUT2D eigenvalue weighted by atomic mass is 9.86. The van der Waals surface area contributed by atoms with E-state index in [-0.39, 0.29) is 0 Å². The van der Waals surface area contributed by atoms with Gasteiger partial charge in [-0.3, -0.25) is 0 Å². The Kier molecular flexibility index (Phi) is 7.12. The van der Waals surface area contributed by atoms with E-state index < -0.39 is 4.90 Å². The molecule has 0 radical (unpaired) electrons. The Bertz CT molecular complexity index is 331. The Morgan fingerprint density at radius 3 is 1.61 bits per heavy atom. The molecule has 0 aromatic rings. The lowest BCUT2D eigenvalue weighted by Crippen LogP contribution is -2.43. The number of hydrogen-bond acceptors (Lipinski definition) is 1. The fraction of sp³-hybridized carbons (Fsp3) is 1.00. The molecular weight excluding hydrogens is 414 g/mol. The van der Waals surface area contributed by atoms with Gasteiger partial charge < -0.3 is 5.11 Å². The van der Waals surface area contributed by atoms with Crippen LogP contribution in [0.5, 0.6) is 0 Å². The van der Waals surface area contributed by atoms with Gasteiger partial charge in [0.25, 0.3) is 0 Å². The molecule has 0 amide bonds. The van der Waals surface area contributed by atoms with Crippen molar-refractivity contribution in [3.05, 3.63) is 0 Å². The van der Waals surface area contributed by atoms with E-state index in [2.05, 4.69) is 22.0 Å². The van der Waals surface area contributed by atoms with Gasteiger partial charge in [0.05, 0.1) is 21.4 Å². The Morgan fingerprint density at radius 2 is 1.17 bits per heavy atom. The summed E-state index contributed by atoms with van der Waals surface area (Å²) < 4.78 is 0. The second-order valence-electron chi connectivity index (χ2n) is 8.53. The molecule has 0 bridgehead atoms. The van der Waals surface area contributed by atoms with Gasteiger partial charge in [-0.15, -0.1) is 0 Å². The molecule has 3 fully saturated rings. The van der Waals surface area contributed by atoms with E-state index in [4.69, 9.17) is 0 Å². The predicted octanol–water partition coefficient (Wildman–Crippen LogP) is 7.10. The van der Waals surface area contributed by atoms with Gasteiger partial charge in [0, 0.05) is 13.0 Å². The Balaban J connectivity index is 1.93. The van der Waals surface area contributed by atoms with E-state index in [1.807, 2.05) is 0 Å². The Labute approximate surface area is 157 Å². The number of aliphatic hydroxyl groups excluding tert-OH is 1. The van der Waals surface area contributed by atoms with Gasteiger partial charge in [0.15, 0.2) is 22.0 Å². The standard InChI is InChI=1S/C20H37IOP/c21-23(18-10-4-1-5-11-18,19-12-6-2-7-13-19)20(16-17-22)14-8-3-9-15-20/h18-19,22H,1-17H2/q+1. The van der Waals surface area contributed by atoms with Crippen molar-refractivity contribution >= 4 is 26.9 Å². The molecule has 0 spiro atoms. The molecule has 0 aromatic carbocycles. The van der Waals surface area contributed by atoms with E-state index in [9.17, 15) is 5.11 Å². The molecule has 0 aromatic heterocycles. The van der Waals surface area contributed by atoms with Crippen LogP contribution in [0.2, 0.25) is 0 Å². The zero-order valence-electron chi connectivity index (χ0n) is 14.9. The lowest BCUT2D eigenvalue weighted by molar-refractivity contribution is 0.241. The van der Waals surface area contributed by atoms with Crippen LogP contribution < -0.4 is 0 Å². The quantitative estimate of drug-likeness (QED) is 0.349. The van der Waals surface area contributed by atoms with E-state index in [0.29, 0.717) is 11.8 Å². The van der Waals surface area contributed by atoms with Crippen LogP contribution in [0.25, 0.3) is 0 Å². The highest BCUT2D eigenvalue weighted by Gasteiger charge is 2.64. The van der Waals surface area contributed by atoms with E-state index in [1.54, 1.807) is 0 Å². The van der Waals surface area contributed by atoms with E-state index in [1.165, 1.54) is 96.3 Å². The van der Waals surface area contributed by atoms with Crippen molar-refractivity contribution < 1.29 is 5.11 Å². The van der Waals surface area contributed by atoms with Crippen molar-refractivity contribution in [1.82, 2.24) is 0 Å². The van der Waals surface area contributed by atoms with Crippen LogP contribution in [0, 0.1) is 0 Å². The van der Waals surface area contributed by atoms with Crippen LogP contribution in [0.3, 0.4) is 0 Å². The highest BCUT2D eigenvalue weighted by molar-refractivity contribution is 14.2. The summed E-state index contributed by atoms with van der Waals surface area (Å²) in [7, 11) is 0. The molecule has 0 aliphatic heterocycles. The minimum absolute atomic E-state index is 0.435. The lowest BCUT2D eigenvalue weighted by Gasteiger charge is -2.52. The summed E-state index contributed by atoms with van der Waals surface area (Å²) in [6.07, 6.45) is 23.3. The SMILES string of the molecule is OCCC1([P+](I)(C2CCCCC2)C2CCCCC2)CCCCC1. The number of hydrogen-bond donors (Lipinski definition) is 1. The molecule has 3 saturated carbocycles. The van der Waals surface area contributed by atoms with E-state index in [0.717, 1.165) is 17.7 Å². The van der Waals surface area contributed by atoms with Gasteiger partial charge in [0.2, 0.25) is 0 Å². The largest absolute Gasteiger partial charge is 0.396 e. The summed E-state index contributed by atoms with van der Waals surface area (Å²) in [6.45, 7) is 0.435. The zero-order chi connectivity index (χ0) is 16.2. The predicted molar refractivity (Wildman–Crippen MR) is 112 cm³/mol. The first-order chi connectivity index (χ1) is 11.2. The molecule has 1 N–H and O–H groups in total. The third-order valence-corrected chi connectivity index (χ3v) is 20.4. The maximum atomic E-state index is 9.96. The molecular formula is C20H37IOP+. The highest BCUT2D eigenvalue weighted by atomic mass is 127. The van der Waals surface area contributed by atoms with Gasteiger partial charge in [0.1, 0.15) is 0 Å². The molecule has 23 heavy (non-hydrogen) atoms. The van der Waals surface area contributed by atoms with Crippen LogP contribution >= 0.6 is 26.9 Å². The van der Waals surface area contributed by atoms with Crippen LogP contribution in [-0.4, -0.2) is 28.2 Å². The van der Waals surface area contributed by atoms with Crippen molar-refractivity contribution in [2.75, 3.05) is 6.61 Å². The third kappa shape index (κ3) is 3.80. The second kappa shape index (κ2) is 8.67. The van der Waals surface area contributed by atoms with Gasteiger partial charge in [-0.25, -0.2) is 0 Å². The van der Waals surface area contributed by atoms with Gasteiger partial charge in [-0.2, -0.15) is 0 Å². The van der Waals surface area contributed by atoms with Crippen LogP contribution in [0.4, 0.5) is 0 Å². The molecule has 0 heterocycles. The molecule has 0 unspecified atom stereocenters. The molecule has 0 saturated heterocycles. The molecule has 134 valence electrons. The van der Waals surface area contributed by atoms with Crippen LogP contribution in [-0.2, 0) is 0 Å². The average Bonchev–Trinajstić information content (AvgIpc) is 2.63. The number of aliphatic hydroxyl groups is 1. The fourth-order valence-electron chi connectivity index (χ4n) is 6.17. The Morgan fingerprint density at radius 1 is 0.739 bits per heavy atom. The molecule has 3 heteroatoms. The first-order valence-electron chi connectivity index (χ1n) is 10.4. The summed E-state index contributed by atoms with van der Waals surface area (Å²) in [5, 5.41) is 10.5. The van der Waals surface area contributed by atoms with Crippen molar-refractivity contribution in [2.24, 2.45) is 0 Å². The average molecular weight is 451 g/mol. The van der Waals surface area contributed by atoms with Crippen molar-refractivity contribution in [2.45, 2.75) is 119 Å². The summed E-state index contributed by atoms with van der Waals surface area (Å²) in [6, 6.07) is 0. The zero-order valence-corrected chi connectivity index (χ0v) is 18.0. The minimum atomic E-state index is -1.03. The molecule has 0 atom stereocenters. The summed E-state index contributed by atoms with van der Waals surface area (Å²) in [4.78, 5) is -1.03. The topological polar surface area (TPSA) is 20.2 Å². The monoisotopic (exact) mass is 451 g/mol. The summed E-state index contributed by atoms with van der Waals surface area (Å²) in [5.41, 5.74) is 2.06. The van der Waals surface area contributed by atoms with Crippen LogP contribution in [0.15, 0.2) is 0 Å². The smallest absolute Gasteiger partial charge is 0.155 e. The minimum Gasteiger partial charge on any atom is -0.396 e. The molecule has 1 nitrogen and oxygen atoms in total. The fourth-order valence-corrected chi connectivity index (χ4v) is 17.5. The van der Waals surface area contributed by atoms with Crippen molar-refractivity contribution in [3.8, 4) is 0 Å². The van der Waals surface area contributed by atoms with Gasteiger partial charge >= 0.3 is 0 Å². The van der Waals surface area contributed by atoms with Crippen molar-refractivity contribution in [3.63, 3.8) is 0 Å². The highest BCUT2D eigenvalue weighted by Crippen LogP contribution is 2.87. The third-order valence-electron chi connectivity index (χ3n) is 7.30. The van der Waals surface area contributed by atoms with Gasteiger partial charge in [-0.1, -0.05) is 19.3 Å². The van der Waals surface area contributed by atoms with Gasteiger partial charge in [-0.05, 0) is 77.0 Å². The van der Waals surface area contributed by atoms with Crippen molar-refractivity contribution in [1.29, 1.82) is 0 Å².